The lowest BCUT2D eigenvalue weighted by Crippen LogP contribution is -2.12. The van der Waals surface area contributed by atoms with Gasteiger partial charge >= 0.3 is 0 Å². The van der Waals surface area contributed by atoms with E-state index in [1.165, 1.54) is 29.8 Å². The summed E-state index contributed by atoms with van der Waals surface area (Å²) >= 11 is 0. The lowest BCUT2D eigenvalue weighted by atomic mass is 10.2. The van der Waals surface area contributed by atoms with Crippen LogP contribution < -0.4 is 5.32 Å². The smallest absolute Gasteiger partial charge is 0.127 e. The quantitative estimate of drug-likeness (QED) is 0.920. The Morgan fingerprint density at radius 3 is 2.62 bits per heavy atom. The van der Waals surface area contributed by atoms with E-state index >= 15 is 0 Å². The number of aryl methyl sites for hydroxylation is 2. The van der Waals surface area contributed by atoms with Crippen molar-refractivity contribution < 1.29 is 0 Å². The zero-order valence-electron chi connectivity index (χ0n) is 13.1. The highest BCUT2D eigenvalue weighted by Gasteiger charge is 2.27. The summed E-state index contributed by atoms with van der Waals surface area (Å²) in [5.41, 5.74) is 3.69. The number of hydrogen-bond donors (Lipinski definition) is 1. The molecular weight excluding hydrogens is 286 g/mol. The standard InChI is InChI=1S/C15H23N5.ClH/c1-10(2)20-13(7-14(18-20)12-5-6-12)9-16-15-11(3)8-17-19(15)4;/h7-8,10,12,16H,5-6,9H2,1-4H3;1H. The zero-order valence-corrected chi connectivity index (χ0v) is 13.9. The van der Waals surface area contributed by atoms with Crippen molar-refractivity contribution in [1.29, 1.82) is 0 Å². The Balaban J connectivity index is 0.00000161. The molecule has 3 rings (SSSR count). The highest BCUT2D eigenvalue weighted by Crippen LogP contribution is 2.39. The van der Waals surface area contributed by atoms with Gasteiger partial charge in [-0.15, -0.1) is 12.4 Å². The molecule has 0 unspecified atom stereocenters. The van der Waals surface area contributed by atoms with E-state index in [2.05, 4.69) is 41.9 Å². The summed E-state index contributed by atoms with van der Waals surface area (Å²) in [6.45, 7) is 7.23. The summed E-state index contributed by atoms with van der Waals surface area (Å²) in [5, 5.41) is 12.5. The van der Waals surface area contributed by atoms with Gasteiger partial charge in [-0.05, 0) is 39.7 Å². The second-order valence-corrected chi connectivity index (χ2v) is 6.03. The van der Waals surface area contributed by atoms with Crippen LogP contribution in [0.4, 0.5) is 5.82 Å². The molecular formula is C15H24ClN5. The van der Waals surface area contributed by atoms with Crippen molar-refractivity contribution >= 4 is 18.2 Å². The number of nitrogens with zero attached hydrogens (tertiary/aromatic N) is 4. The fraction of sp³-hybridized carbons (Fsp3) is 0.600. The van der Waals surface area contributed by atoms with Gasteiger partial charge in [0.05, 0.1) is 24.1 Å². The van der Waals surface area contributed by atoms with Gasteiger partial charge in [0.1, 0.15) is 5.82 Å². The molecule has 0 aliphatic heterocycles. The van der Waals surface area contributed by atoms with Crippen LogP contribution in [0.5, 0.6) is 0 Å². The maximum Gasteiger partial charge on any atom is 0.127 e. The first-order valence-electron chi connectivity index (χ1n) is 7.37. The van der Waals surface area contributed by atoms with Gasteiger partial charge in [0.15, 0.2) is 0 Å². The molecule has 2 heterocycles. The van der Waals surface area contributed by atoms with E-state index in [1.54, 1.807) is 0 Å². The minimum absolute atomic E-state index is 0. The van der Waals surface area contributed by atoms with Gasteiger partial charge in [0, 0.05) is 24.6 Å². The molecule has 0 atom stereocenters. The van der Waals surface area contributed by atoms with Crippen LogP contribution in [0.15, 0.2) is 12.3 Å². The average molecular weight is 310 g/mol. The van der Waals surface area contributed by atoms with Crippen molar-refractivity contribution in [3.63, 3.8) is 0 Å². The predicted molar refractivity (Wildman–Crippen MR) is 87.1 cm³/mol. The van der Waals surface area contributed by atoms with Crippen LogP contribution in [0, 0.1) is 6.92 Å². The molecule has 0 radical (unpaired) electrons. The van der Waals surface area contributed by atoms with Gasteiger partial charge in [-0.25, -0.2) is 0 Å². The Morgan fingerprint density at radius 2 is 2.10 bits per heavy atom. The number of aromatic nitrogens is 4. The van der Waals surface area contributed by atoms with Crippen LogP contribution in [-0.2, 0) is 13.6 Å². The van der Waals surface area contributed by atoms with Crippen LogP contribution in [-0.4, -0.2) is 19.6 Å². The molecule has 0 spiro atoms. The molecule has 1 aliphatic carbocycles. The van der Waals surface area contributed by atoms with Crippen molar-refractivity contribution in [1.82, 2.24) is 19.6 Å². The van der Waals surface area contributed by atoms with Crippen molar-refractivity contribution in [2.75, 3.05) is 5.32 Å². The maximum absolute atomic E-state index is 4.77. The maximum atomic E-state index is 4.77. The SMILES string of the molecule is Cc1cnn(C)c1NCc1cc(C2CC2)nn1C(C)C.Cl. The molecule has 6 heteroatoms. The molecule has 21 heavy (non-hydrogen) atoms. The average Bonchev–Trinajstić information content (AvgIpc) is 3.09. The van der Waals surface area contributed by atoms with E-state index in [1.807, 2.05) is 17.9 Å². The molecule has 0 aromatic carbocycles. The van der Waals surface area contributed by atoms with E-state index in [0.29, 0.717) is 12.0 Å². The van der Waals surface area contributed by atoms with Gasteiger partial charge in [-0.2, -0.15) is 10.2 Å². The van der Waals surface area contributed by atoms with Crippen LogP contribution in [0.25, 0.3) is 0 Å². The van der Waals surface area contributed by atoms with Gasteiger partial charge in [-0.3, -0.25) is 9.36 Å². The summed E-state index contributed by atoms with van der Waals surface area (Å²) < 4.78 is 4.03. The van der Waals surface area contributed by atoms with Gasteiger partial charge in [0.25, 0.3) is 0 Å². The minimum Gasteiger partial charge on any atom is -0.364 e. The first kappa shape index (κ1) is 15.9. The third kappa shape index (κ3) is 3.23. The largest absolute Gasteiger partial charge is 0.364 e. The predicted octanol–water partition coefficient (Wildman–Crippen LogP) is 3.42. The third-order valence-corrected chi connectivity index (χ3v) is 3.88. The number of anilines is 1. The second-order valence-electron chi connectivity index (χ2n) is 6.03. The van der Waals surface area contributed by atoms with Crippen molar-refractivity contribution in [2.45, 2.75) is 52.1 Å². The van der Waals surface area contributed by atoms with E-state index in [-0.39, 0.29) is 12.4 Å². The number of halogens is 1. The van der Waals surface area contributed by atoms with Gasteiger partial charge < -0.3 is 5.32 Å². The molecule has 116 valence electrons. The van der Waals surface area contributed by atoms with Gasteiger partial charge in [-0.1, -0.05) is 0 Å². The summed E-state index contributed by atoms with van der Waals surface area (Å²) in [6.07, 6.45) is 4.48. The molecule has 1 aliphatic rings. The monoisotopic (exact) mass is 309 g/mol. The molecule has 1 N–H and O–H groups in total. The zero-order chi connectivity index (χ0) is 14.3. The van der Waals surface area contributed by atoms with E-state index < -0.39 is 0 Å². The summed E-state index contributed by atoms with van der Waals surface area (Å²) in [4.78, 5) is 0. The van der Waals surface area contributed by atoms with Crippen LogP contribution in [0.3, 0.4) is 0 Å². The Bertz CT molecular complexity index is 590. The first-order chi connectivity index (χ1) is 9.56. The Morgan fingerprint density at radius 1 is 1.38 bits per heavy atom. The summed E-state index contributed by atoms with van der Waals surface area (Å²) in [6, 6.07) is 2.66. The summed E-state index contributed by atoms with van der Waals surface area (Å²) in [5.74, 6) is 1.78. The molecule has 1 saturated carbocycles. The fourth-order valence-electron chi connectivity index (χ4n) is 2.59. The van der Waals surface area contributed by atoms with Gasteiger partial charge in [0.2, 0.25) is 0 Å². The van der Waals surface area contributed by atoms with Crippen LogP contribution in [0.1, 0.15) is 55.6 Å². The number of hydrogen-bond acceptors (Lipinski definition) is 3. The normalized spacial score (nSPS) is 14.3. The Kier molecular flexibility index (Phi) is 4.61. The van der Waals surface area contributed by atoms with Crippen molar-refractivity contribution in [3.8, 4) is 0 Å². The lowest BCUT2D eigenvalue weighted by molar-refractivity contribution is 0.507. The van der Waals surface area contributed by atoms with E-state index in [9.17, 15) is 0 Å². The van der Waals surface area contributed by atoms with Crippen molar-refractivity contribution in [3.05, 3.63) is 29.2 Å². The topological polar surface area (TPSA) is 47.7 Å². The minimum atomic E-state index is 0. The van der Waals surface area contributed by atoms with Crippen LogP contribution >= 0.6 is 12.4 Å². The molecule has 2 aromatic rings. The summed E-state index contributed by atoms with van der Waals surface area (Å²) in [7, 11) is 1.96. The van der Waals surface area contributed by atoms with Crippen LogP contribution in [0.2, 0.25) is 0 Å². The molecule has 1 fully saturated rings. The number of nitrogens with one attached hydrogen (secondary N) is 1. The van der Waals surface area contributed by atoms with E-state index in [4.69, 9.17) is 5.10 Å². The fourth-order valence-corrected chi connectivity index (χ4v) is 2.59. The Hall–Kier alpha value is -1.49. The second kappa shape index (κ2) is 6.10. The molecule has 0 amide bonds. The third-order valence-electron chi connectivity index (χ3n) is 3.88. The molecule has 5 nitrogen and oxygen atoms in total. The molecule has 0 saturated heterocycles. The lowest BCUT2D eigenvalue weighted by Gasteiger charge is -2.12. The highest BCUT2D eigenvalue weighted by atomic mass is 35.5. The number of rotatable bonds is 5. The van der Waals surface area contributed by atoms with Crippen molar-refractivity contribution in [2.24, 2.45) is 7.05 Å². The molecule has 0 bridgehead atoms. The highest BCUT2D eigenvalue weighted by molar-refractivity contribution is 5.85. The molecule has 2 aromatic heterocycles. The Labute approximate surface area is 132 Å². The first-order valence-corrected chi connectivity index (χ1v) is 7.37. The van der Waals surface area contributed by atoms with E-state index in [0.717, 1.165) is 12.4 Å².